The zero-order valence-corrected chi connectivity index (χ0v) is 8.44. The molecule has 6 heteroatoms. The molecule has 0 N–H and O–H groups in total. The van der Waals surface area contributed by atoms with Crippen LogP contribution in [0.5, 0.6) is 0 Å². The molecule has 1 aromatic carbocycles. The minimum absolute atomic E-state index is 0.350. The van der Waals surface area contributed by atoms with Crippen LogP contribution in [0.15, 0.2) is 6.07 Å². The molecule has 0 unspecified atom stereocenters. The first-order valence-corrected chi connectivity index (χ1v) is 4.21. The highest BCUT2D eigenvalue weighted by molar-refractivity contribution is 5.96. The molecule has 0 saturated carbocycles. The molecule has 0 spiro atoms. The quantitative estimate of drug-likeness (QED) is 0.423. The molecule has 0 amide bonds. The van der Waals surface area contributed by atoms with Gasteiger partial charge in [0.05, 0.1) is 5.56 Å². The van der Waals surface area contributed by atoms with Crippen molar-refractivity contribution in [3.63, 3.8) is 0 Å². The third-order valence-corrected chi connectivity index (χ3v) is 1.83. The summed E-state index contributed by atoms with van der Waals surface area (Å²) in [5.41, 5.74) is -1.46. The van der Waals surface area contributed by atoms with Crippen molar-refractivity contribution in [1.82, 2.24) is 0 Å². The van der Waals surface area contributed by atoms with E-state index in [9.17, 15) is 22.8 Å². The van der Waals surface area contributed by atoms with Gasteiger partial charge in [0.25, 0.3) is 0 Å². The summed E-state index contributed by atoms with van der Waals surface area (Å²) < 4.78 is 43.1. The van der Waals surface area contributed by atoms with Gasteiger partial charge in [0.2, 0.25) is 0 Å². The van der Waals surface area contributed by atoms with E-state index in [0.717, 1.165) is 13.8 Å². The molecule has 0 aliphatic rings. The van der Waals surface area contributed by atoms with Crippen LogP contribution in [0.1, 0.15) is 22.8 Å². The summed E-state index contributed by atoms with van der Waals surface area (Å²) in [5, 5.41) is 0. The molecule has 0 heterocycles. The highest BCUT2D eigenvalue weighted by atomic mass is 19.2. The Hall–Kier alpha value is -1.85. The van der Waals surface area contributed by atoms with E-state index in [1.54, 1.807) is 0 Å². The minimum Gasteiger partial charge on any atom is -0.390 e. The maximum atomic E-state index is 13.3. The lowest BCUT2D eigenvalue weighted by Gasteiger charge is -2.05. The van der Waals surface area contributed by atoms with E-state index in [0.29, 0.717) is 6.07 Å². The van der Waals surface area contributed by atoms with E-state index in [2.05, 4.69) is 4.74 Å². The second-order valence-corrected chi connectivity index (χ2v) is 3.04. The van der Waals surface area contributed by atoms with Crippen molar-refractivity contribution < 1.29 is 27.5 Å². The monoisotopic (exact) mass is 232 g/mol. The molecule has 0 aliphatic heterocycles. The summed E-state index contributed by atoms with van der Waals surface area (Å²) in [4.78, 5) is 21.6. The van der Waals surface area contributed by atoms with Crippen LogP contribution >= 0.6 is 0 Å². The molecule has 1 aromatic rings. The van der Waals surface area contributed by atoms with Gasteiger partial charge in [-0.25, -0.2) is 18.0 Å². The second kappa shape index (κ2) is 4.34. The summed E-state index contributed by atoms with van der Waals surface area (Å²) in [6.07, 6.45) is 0. The van der Waals surface area contributed by atoms with Crippen molar-refractivity contribution in [1.29, 1.82) is 0 Å². The zero-order chi connectivity index (χ0) is 12.5. The lowest BCUT2D eigenvalue weighted by molar-refractivity contribution is -0.135. The minimum atomic E-state index is -1.38. The van der Waals surface area contributed by atoms with E-state index >= 15 is 0 Å². The van der Waals surface area contributed by atoms with Gasteiger partial charge in [-0.05, 0) is 13.0 Å². The third kappa shape index (κ3) is 2.21. The lowest BCUT2D eigenvalue weighted by Crippen LogP contribution is -2.13. The normalized spacial score (nSPS) is 10.1. The van der Waals surface area contributed by atoms with Gasteiger partial charge in [-0.1, -0.05) is 0 Å². The fourth-order valence-corrected chi connectivity index (χ4v) is 1.06. The van der Waals surface area contributed by atoms with Crippen molar-refractivity contribution in [3.8, 4) is 0 Å². The number of carbonyl (C=O) groups excluding carboxylic acids is 2. The van der Waals surface area contributed by atoms with Crippen LogP contribution in [0.3, 0.4) is 0 Å². The maximum Gasteiger partial charge on any atom is 0.348 e. The van der Waals surface area contributed by atoms with Gasteiger partial charge in [0.1, 0.15) is 5.82 Å². The Balaban J connectivity index is 3.25. The number of hydrogen-bond donors (Lipinski definition) is 0. The van der Waals surface area contributed by atoms with E-state index < -0.39 is 40.5 Å². The summed E-state index contributed by atoms with van der Waals surface area (Å²) in [5.74, 6) is -6.32. The number of ether oxygens (including phenoxy) is 1. The van der Waals surface area contributed by atoms with Gasteiger partial charge in [-0.2, -0.15) is 0 Å². The molecule has 16 heavy (non-hydrogen) atoms. The highest BCUT2D eigenvalue weighted by Crippen LogP contribution is 2.19. The van der Waals surface area contributed by atoms with Crippen LogP contribution in [-0.4, -0.2) is 11.9 Å². The van der Waals surface area contributed by atoms with Crippen molar-refractivity contribution in [3.05, 3.63) is 34.6 Å². The van der Waals surface area contributed by atoms with Gasteiger partial charge in [0.15, 0.2) is 11.6 Å². The number of halogens is 3. The zero-order valence-electron chi connectivity index (χ0n) is 8.44. The smallest absolute Gasteiger partial charge is 0.348 e. The average Bonchev–Trinajstić information content (AvgIpc) is 2.19. The van der Waals surface area contributed by atoms with Crippen molar-refractivity contribution in [2.24, 2.45) is 0 Å². The summed E-state index contributed by atoms with van der Waals surface area (Å²) >= 11 is 0. The molecule has 0 atom stereocenters. The Morgan fingerprint density at radius 2 is 1.75 bits per heavy atom. The first kappa shape index (κ1) is 12.2. The standard InChI is InChI=1S/C10H7F3O3/c1-4-8(12)6(3-7(11)9(4)13)10(15)16-5(2)14/h3H,1-2H3. The predicted octanol–water partition coefficient (Wildman–Crippen LogP) is 2.12. The largest absolute Gasteiger partial charge is 0.390 e. The molecule has 86 valence electrons. The Labute approximate surface area is 88.8 Å². The van der Waals surface area contributed by atoms with Crippen molar-refractivity contribution in [2.75, 3.05) is 0 Å². The Morgan fingerprint density at radius 3 is 2.25 bits per heavy atom. The molecule has 0 bridgehead atoms. The topological polar surface area (TPSA) is 43.4 Å². The molecular weight excluding hydrogens is 225 g/mol. The van der Waals surface area contributed by atoms with E-state index in [1.165, 1.54) is 0 Å². The van der Waals surface area contributed by atoms with Gasteiger partial charge in [0, 0.05) is 12.5 Å². The van der Waals surface area contributed by atoms with E-state index in [-0.39, 0.29) is 0 Å². The number of carbonyl (C=O) groups is 2. The molecule has 0 radical (unpaired) electrons. The number of hydrogen-bond acceptors (Lipinski definition) is 3. The molecule has 1 rings (SSSR count). The molecule has 0 saturated heterocycles. The van der Waals surface area contributed by atoms with Crippen molar-refractivity contribution >= 4 is 11.9 Å². The Kier molecular flexibility index (Phi) is 3.31. The van der Waals surface area contributed by atoms with Crippen molar-refractivity contribution in [2.45, 2.75) is 13.8 Å². The van der Waals surface area contributed by atoms with Gasteiger partial charge < -0.3 is 4.74 Å². The van der Waals surface area contributed by atoms with Crippen LogP contribution in [0.25, 0.3) is 0 Å². The fraction of sp³-hybridized carbons (Fsp3) is 0.200. The number of benzene rings is 1. The number of esters is 2. The van der Waals surface area contributed by atoms with E-state index in [1.807, 2.05) is 0 Å². The van der Waals surface area contributed by atoms with Crippen LogP contribution in [0.4, 0.5) is 13.2 Å². The lowest BCUT2D eigenvalue weighted by atomic mass is 10.1. The molecule has 0 aromatic heterocycles. The predicted molar refractivity (Wildman–Crippen MR) is 47.1 cm³/mol. The van der Waals surface area contributed by atoms with Gasteiger partial charge >= 0.3 is 11.9 Å². The molecule has 0 aliphatic carbocycles. The summed E-state index contributed by atoms with van der Waals surface area (Å²) in [6.45, 7) is 1.90. The first-order chi connectivity index (χ1) is 7.34. The third-order valence-electron chi connectivity index (χ3n) is 1.83. The maximum absolute atomic E-state index is 13.3. The van der Waals surface area contributed by atoms with Gasteiger partial charge in [-0.15, -0.1) is 0 Å². The average molecular weight is 232 g/mol. The number of rotatable bonds is 1. The molecule has 0 fully saturated rings. The van der Waals surface area contributed by atoms with Gasteiger partial charge in [-0.3, -0.25) is 4.79 Å². The Bertz CT molecular complexity index is 469. The highest BCUT2D eigenvalue weighted by Gasteiger charge is 2.22. The summed E-state index contributed by atoms with van der Waals surface area (Å²) in [7, 11) is 0. The second-order valence-electron chi connectivity index (χ2n) is 3.04. The first-order valence-electron chi connectivity index (χ1n) is 4.21. The molecular formula is C10H7F3O3. The SMILES string of the molecule is CC(=O)OC(=O)c1cc(F)c(F)c(C)c1F. The van der Waals surface area contributed by atoms with Crippen LogP contribution in [0.2, 0.25) is 0 Å². The van der Waals surface area contributed by atoms with Crippen LogP contribution in [-0.2, 0) is 9.53 Å². The van der Waals surface area contributed by atoms with Crippen LogP contribution < -0.4 is 0 Å². The fourth-order valence-electron chi connectivity index (χ4n) is 1.06. The Morgan fingerprint density at radius 1 is 1.19 bits per heavy atom. The molecule has 3 nitrogen and oxygen atoms in total. The summed E-state index contributed by atoms with van der Waals surface area (Å²) in [6, 6.07) is 0.350. The van der Waals surface area contributed by atoms with E-state index in [4.69, 9.17) is 0 Å². The van der Waals surface area contributed by atoms with Crippen LogP contribution in [0, 0.1) is 24.4 Å².